The molecule has 0 atom stereocenters. The van der Waals surface area contributed by atoms with Crippen molar-refractivity contribution in [1.82, 2.24) is 4.57 Å². The fraction of sp³-hybridized carbons (Fsp3) is 0.159. The van der Waals surface area contributed by atoms with Crippen molar-refractivity contribution in [1.29, 1.82) is 0 Å². The number of aromatic nitrogens is 1. The monoisotopic (exact) mass is 700 g/mol. The molecule has 0 fully saturated rings. The Morgan fingerprint density at radius 2 is 1.06 bits per heavy atom. The van der Waals surface area contributed by atoms with E-state index < -0.39 is 29.4 Å². The van der Waals surface area contributed by atoms with Gasteiger partial charge in [0.1, 0.15) is 0 Å². The summed E-state index contributed by atoms with van der Waals surface area (Å²) in [6.07, 6.45) is -9.74. The number of aryl methyl sites for hydroxylation is 4. The number of alkyl halides is 6. The third-order valence-corrected chi connectivity index (χ3v) is 10.4. The average molecular weight is 701 g/mol. The number of hydrogen-bond donors (Lipinski definition) is 0. The predicted octanol–water partition coefficient (Wildman–Crippen LogP) is 13.4. The topological polar surface area (TPSA) is 9.29 Å². The molecule has 7 aromatic rings. The maximum atomic E-state index is 15.9. The first-order valence-electron chi connectivity index (χ1n) is 16.7. The van der Waals surface area contributed by atoms with E-state index in [9.17, 15) is 13.2 Å². The summed E-state index contributed by atoms with van der Waals surface area (Å²) >= 11 is 0. The first-order chi connectivity index (χ1) is 24.7. The van der Waals surface area contributed by atoms with Crippen LogP contribution in [-0.2, 0) is 12.4 Å². The second kappa shape index (κ2) is 11.6. The van der Waals surface area contributed by atoms with Crippen LogP contribution in [-0.4, -0.2) is 4.57 Å². The van der Waals surface area contributed by atoms with E-state index >= 15 is 13.2 Å². The summed E-state index contributed by atoms with van der Waals surface area (Å²) < 4.78 is 91.6. The van der Waals surface area contributed by atoms with E-state index in [-0.39, 0.29) is 22.5 Å². The quantitative estimate of drug-likeness (QED) is 0.128. The summed E-state index contributed by atoms with van der Waals surface area (Å²) in [5, 5.41) is 1.66. The largest absolute Gasteiger partial charge is 0.418 e. The van der Waals surface area contributed by atoms with Gasteiger partial charge in [0, 0.05) is 22.3 Å². The second-order valence-corrected chi connectivity index (χ2v) is 13.6. The summed E-state index contributed by atoms with van der Waals surface area (Å²) in [5.74, 6) is -0.700. The first kappa shape index (κ1) is 33.3. The molecule has 52 heavy (non-hydrogen) atoms. The number of rotatable bonds is 3. The summed E-state index contributed by atoms with van der Waals surface area (Å²) in [4.78, 5) is 3.25. The highest BCUT2D eigenvalue weighted by Gasteiger charge is 2.41. The minimum absolute atomic E-state index is 0.0643. The van der Waals surface area contributed by atoms with Crippen LogP contribution < -0.4 is 0 Å². The van der Waals surface area contributed by atoms with Gasteiger partial charge in [-0.3, -0.25) is 0 Å². The van der Waals surface area contributed by atoms with Crippen molar-refractivity contribution in [3.05, 3.63) is 165 Å². The number of fused-ring (bicyclic) bond motifs is 6. The zero-order chi connectivity index (χ0) is 36.9. The Kier molecular flexibility index (Phi) is 7.44. The zero-order valence-corrected chi connectivity index (χ0v) is 28.6. The highest BCUT2D eigenvalue weighted by Crippen LogP contribution is 2.54. The van der Waals surface area contributed by atoms with Crippen LogP contribution in [0.5, 0.6) is 0 Å². The lowest BCUT2D eigenvalue weighted by Crippen LogP contribution is -2.16. The number of halogens is 6. The molecule has 0 aliphatic heterocycles. The fourth-order valence-corrected chi connectivity index (χ4v) is 8.26. The van der Waals surface area contributed by atoms with Crippen LogP contribution in [0, 0.1) is 34.3 Å². The number of nitrogens with zero attached hydrogens (tertiary/aromatic N) is 2. The molecule has 258 valence electrons. The number of benzene rings is 6. The van der Waals surface area contributed by atoms with Gasteiger partial charge in [0.25, 0.3) is 0 Å². The van der Waals surface area contributed by atoms with Gasteiger partial charge in [-0.2, -0.15) is 26.3 Å². The van der Waals surface area contributed by atoms with Gasteiger partial charge in [0.05, 0.1) is 28.9 Å². The van der Waals surface area contributed by atoms with Crippen LogP contribution in [0.4, 0.5) is 32.0 Å². The zero-order valence-electron chi connectivity index (χ0n) is 28.6. The Balaban J connectivity index is 1.60. The van der Waals surface area contributed by atoms with E-state index in [2.05, 4.69) is 4.85 Å². The van der Waals surface area contributed by atoms with E-state index in [0.29, 0.717) is 22.7 Å². The van der Waals surface area contributed by atoms with Gasteiger partial charge < -0.3 is 4.57 Å². The van der Waals surface area contributed by atoms with Gasteiger partial charge in [0.2, 0.25) is 0 Å². The minimum atomic E-state index is -4.93. The molecule has 2 nitrogen and oxygen atoms in total. The molecule has 8 heteroatoms. The molecule has 0 bridgehead atoms. The molecule has 6 aromatic carbocycles. The maximum Gasteiger partial charge on any atom is 0.418 e. The molecule has 0 saturated carbocycles. The molecule has 0 saturated heterocycles. The Morgan fingerprint density at radius 1 is 0.558 bits per heavy atom. The highest BCUT2D eigenvalue weighted by atomic mass is 19.4. The van der Waals surface area contributed by atoms with Gasteiger partial charge in [-0.1, -0.05) is 60.7 Å². The van der Waals surface area contributed by atoms with Gasteiger partial charge in [-0.25, -0.2) is 4.85 Å². The summed E-state index contributed by atoms with van der Waals surface area (Å²) in [7, 11) is 0. The molecule has 1 heterocycles. The van der Waals surface area contributed by atoms with Crippen molar-refractivity contribution in [3.8, 4) is 27.9 Å². The third-order valence-electron chi connectivity index (χ3n) is 10.4. The van der Waals surface area contributed by atoms with Crippen molar-refractivity contribution < 1.29 is 26.3 Å². The second-order valence-electron chi connectivity index (χ2n) is 13.6. The summed E-state index contributed by atoms with van der Waals surface area (Å²) in [6.45, 7) is 15.3. The van der Waals surface area contributed by atoms with Crippen molar-refractivity contribution in [3.63, 3.8) is 0 Å². The van der Waals surface area contributed by atoms with Crippen LogP contribution in [0.2, 0.25) is 0 Å². The van der Waals surface area contributed by atoms with E-state index in [1.54, 1.807) is 10.6 Å². The van der Waals surface area contributed by atoms with Crippen molar-refractivity contribution in [2.75, 3.05) is 0 Å². The smallest absolute Gasteiger partial charge is 0.308 e. The van der Waals surface area contributed by atoms with Crippen LogP contribution >= 0.6 is 0 Å². The fourth-order valence-electron chi connectivity index (χ4n) is 8.26. The van der Waals surface area contributed by atoms with Crippen LogP contribution in [0.3, 0.4) is 0 Å². The van der Waals surface area contributed by atoms with Crippen LogP contribution in [0.15, 0.2) is 103 Å². The Bertz CT molecular complexity index is 2560. The average Bonchev–Trinajstić information content (AvgIpc) is 3.62. The molecule has 1 aliphatic carbocycles. The van der Waals surface area contributed by atoms with Gasteiger partial charge in [-0.15, -0.1) is 0 Å². The molecule has 0 radical (unpaired) electrons. The molecule has 0 N–H and O–H groups in total. The Hall–Kier alpha value is -5.81. The molecule has 0 spiro atoms. The molecule has 0 unspecified atom stereocenters. The normalized spacial score (nSPS) is 13.1. The van der Waals surface area contributed by atoms with Crippen molar-refractivity contribution in [2.24, 2.45) is 0 Å². The lowest BCUT2D eigenvalue weighted by atomic mass is 9.84. The van der Waals surface area contributed by atoms with Gasteiger partial charge in [0.15, 0.2) is 5.69 Å². The van der Waals surface area contributed by atoms with Crippen LogP contribution in [0.25, 0.3) is 54.6 Å². The standard InChI is InChI=1S/C44H30F6N2/c1-23-10-6-14-31-37(23)38-24(2)11-7-15-32(38)41(31)33-20-28(27-18-29(43(45,46)47)22-30(19-27)51-5)21-34(44(48,49)50)42(33)52-35-16-8-12-25(3)39(35)40-26(4)13-9-17-36(40)52/h6-22,41H,1-4H3. The predicted molar refractivity (Wildman–Crippen MR) is 194 cm³/mol. The van der Waals surface area contributed by atoms with E-state index in [4.69, 9.17) is 6.57 Å². The Labute approximate surface area is 296 Å². The van der Waals surface area contributed by atoms with E-state index in [0.717, 1.165) is 67.4 Å². The highest BCUT2D eigenvalue weighted by molar-refractivity contribution is 6.12. The maximum absolute atomic E-state index is 15.9. The third kappa shape index (κ3) is 5.02. The minimum Gasteiger partial charge on any atom is -0.308 e. The molecule has 1 aliphatic rings. The molecule has 0 amide bonds. The lowest BCUT2D eigenvalue weighted by molar-refractivity contribution is -0.138. The molecular weight excluding hydrogens is 670 g/mol. The van der Waals surface area contributed by atoms with Gasteiger partial charge >= 0.3 is 12.4 Å². The first-order valence-corrected chi connectivity index (χ1v) is 16.7. The lowest BCUT2D eigenvalue weighted by Gasteiger charge is -2.26. The summed E-state index contributed by atoms with van der Waals surface area (Å²) in [5.41, 5.74) is 6.03. The van der Waals surface area contributed by atoms with Crippen molar-refractivity contribution >= 4 is 27.5 Å². The van der Waals surface area contributed by atoms with E-state index in [1.807, 2.05) is 100 Å². The van der Waals surface area contributed by atoms with Crippen LogP contribution in [0.1, 0.15) is 56.0 Å². The number of hydrogen-bond acceptors (Lipinski definition) is 0. The SMILES string of the molecule is [C-]#[N+]c1cc(-c2cc(C3c4cccc(C)c4-c4c(C)cccc43)c(-n3c4cccc(C)c4c4c(C)cccc43)c(C(F)(F)F)c2)cc(C(F)(F)F)c1. The van der Waals surface area contributed by atoms with Crippen molar-refractivity contribution in [2.45, 2.75) is 46.0 Å². The molecule has 1 aromatic heterocycles. The Morgan fingerprint density at radius 3 is 1.56 bits per heavy atom. The summed E-state index contributed by atoms with van der Waals surface area (Å²) in [6, 6.07) is 28.0. The van der Waals surface area contributed by atoms with E-state index in [1.165, 1.54) is 6.07 Å². The molecule has 8 rings (SSSR count). The molecular formula is C44H30F6N2. The van der Waals surface area contributed by atoms with Gasteiger partial charge in [-0.05, 0) is 131 Å².